The fourth-order valence-electron chi connectivity index (χ4n) is 1.59. The summed E-state index contributed by atoms with van der Waals surface area (Å²) in [6, 6.07) is 15.3. The summed E-state index contributed by atoms with van der Waals surface area (Å²) >= 11 is 5.85. The molecule has 0 radical (unpaired) electrons. The monoisotopic (exact) mass is 247 g/mol. The Kier molecular flexibility index (Phi) is 3.55. The van der Waals surface area contributed by atoms with Crippen LogP contribution in [0, 0.1) is 0 Å². The average Bonchev–Trinajstić information content (AvgIpc) is 2.35. The molecule has 2 aromatic rings. The minimum Gasteiger partial charge on any atom is -0.486 e. The molecule has 0 aromatic heterocycles. The van der Waals surface area contributed by atoms with Gasteiger partial charge in [0, 0.05) is 6.07 Å². The SMILES string of the molecule is C[C@H](Oc1ccc(Cl)c(N)c1)c1ccccc1. The molecule has 0 aliphatic carbocycles. The van der Waals surface area contributed by atoms with Crippen molar-refractivity contribution in [3.8, 4) is 5.75 Å². The molecule has 2 nitrogen and oxygen atoms in total. The maximum atomic E-state index is 5.85. The van der Waals surface area contributed by atoms with Gasteiger partial charge in [-0.15, -0.1) is 0 Å². The molecule has 17 heavy (non-hydrogen) atoms. The van der Waals surface area contributed by atoms with E-state index in [1.807, 2.05) is 43.3 Å². The van der Waals surface area contributed by atoms with E-state index in [0.717, 1.165) is 11.3 Å². The van der Waals surface area contributed by atoms with Crippen molar-refractivity contribution in [3.05, 3.63) is 59.1 Å². The maximum Gasteiger partial charge on any atom is 0.122 e. The molecule has 0 heterocycles. The molecule has 0 fully saturated rings. The Bertz CT molecular complexity index is 499. The van der Waals surface area contributed by atoms with Crippen LogP contribution in [0.3, 0.4) is 0 Å². The van der Waals surface area contributed by atoms with Crippen LogP contribution in [0.5, 0.6) is 5.75 Å². The maximum absolute atomic E-state index is 5.85. The molecular weight excluding hydrogens is 234 g/mol. The van der Waals surface area contributed by atoms with Crippen LogP contribution in [-0.2, 0) is 0 Å². The van der Waals surface area contributed by atoms with Gasteiger partial charge in [0.15, 0.2) is 0 Å². The summed E-state index contributed by atoms with van der Waals surface area (Å²) in [6.07, 6.45) is -0.0169. The molecule has 0 saturated heterocycles. The molecular formula is C14H14ClNO. The third-order valence-electron chi connectivity index (χ3n) is 2.55. The average molecular weight is 248 g/mol. The minimum absolute atomic E-state index is 0.0169. The molecule has 3 heteroatoms. The lowest BCUT2D eigenvalue weighted by atomic mass is 10.1. The van der Waals surface area contributed by atoms with E-state index in [-0.39, 0.29) is 6.10 Å². The number of hydrogen-bond donors (Lipinski definition) is 1. The Balaban J connectivity index is 2.13. The van der Waals surface area contributed by atoms with Gasteiger partial charge in [0.05, 0.1) is 10.7 Å². The summed E-state index contributed by atoms with van der Waals surface area (Å²) in [5.41, 5.74) is 7.38. The highest BCUT2D eigenvalue weighted by Gasteiger charge is 2.07. The fourth-order valence-corrected chi connectivity index (χ4v) is 1.71. The molecule has 2 aromatic carbocycles. The fraction of sp³-hybridized carbons (Fsp3) is 0.143. The van der Waals surface area contributed by atoms with E-state index >= 15 is 0 Å². The van der Waals surface area contributed by atoms with E-state index in [2.05, 4.69) is 0 Å². The number of halogens is 1. The highest BCUT2D eigenvalue weighted by molar-refractivity contribution is 6.33. The van der Waals surface area contributed by atoms with Gasteiger partial charge in [-0.2, -0.15) is 0 Å². The highest BCUT2D eigenvalue weighted by Crippen LogP contribution is 2.27. The predicted molar refractivity (Wildman–Crippen MR) is 71.3 cm³/mol. The molecule has 0 spiro atoms. The largest absolute Gasteiger partial charge is 0.486 e. The standard InChI is InChI=1S/C14H14ClNO/c1-10(11-5-3-2-4-6-11)17-12-7-8-13(15)14(16)9-12/h2-10H,16H2,1H3/t10-/m0/s1. The van der Waals surface area contributed by atoms with E-state index in [0.29, 0.717) is 10.7 Å². The molecule has 0 saturated carbocycles. The number of benzene rings is 2. The van der Waals surface area contributed by atoms with Crippen molar-refractivity contribution in [2.45, 2.75) is 13.0 Å². The number of ether oxygens (including phenoxy) is 1. The van der Waals surface area contributed by atoms with Gasteiger partial charge in [-0.25, -0.2) is 0 Å². The topological polar surface area (TPSA) is 35.2 Å². The van der Waals surface area contributed by atoms with Gasteiger partial charge in [-0.1, -0.05) is 41.9 Å². The molecule has 0 aliphatic rings. The third kappa shape index (κ3) is 2.92. The zero-order valence-corrected chi connectivity index (χ0v) is 10.3. The quantitative estimate of drug-likeness (QED) is 0.830. The lowest BCUT2D eigenvalue weighted by Gasteiger charge is -2.15. The van der Waals surface area contributed by atoms with Crippen LogP contribution in [0.1, 0.15) is 18.6 Å². The number of nitrogen functional groups attached to an aromatic ring is 1. The Morgan fingerprint density at radius 3 is 2.47 bits per heavy atom. The smallest absolute Gasteiger partial charge is 0.122 e. The second-order valence-corrected chi connectivity index (χ2v) is 4.26. The van der Waals surface area contributed by atoms with E-state index in [1.54, 1.807) is 12.1 Å². The summed E-state index contributed by atoms with van der Waals surface area (Å²) in [6.45, 7) is 2.00. The lowest BCUT2D eigenvalue weighted by molar-refractivity contribution is 0.227. The first-order valence-corrected chi connectivity index (χ1v) is 5.81. The van der Waals surface area contributed by atoms with Gasteiger partial charge in [-0.05, 0) is 24.6 Å². The summed E-state index contributed by atoms with van der Waals surface area (Å²) in [7, 11) is 0. The first-order valence-electron chi connectivity index (χ1n) is 5.43. The Hall–Kier alpha value is -1.67. The van der Waals surface area contributed by atoms with Gasteiger partial charge in [-0.3, -0.25) is 0 Å². The van der Waals surface area contributed by atoms with Crippen molar-refractivity contribution in [3.63, 3.8) is 0 Å². The van der Waals surface area contributed by atoms with Gasteiger partial charge >= 0.3 is 0 Å². The first-order chi connectivity index (χ1) is 8.16. The summed E-state index contributed by atoms with van der Waals surface area (Å²) < 4.78 is 5.80. The van der Waals surface area contributed by atoms with Crippen LogP contribution in [0.2, 0.25) is 5.02 Å². The van der Waals surface area contributed by atoms with Crippen molar-refractivity contribution in [1.29, 1.82) is 0 Å². The van der Waals surface area contributed by atoms with Crippen LogP contribution >= 0.6 is 11.6 Å². The van der Waals surface area contributed by atoms with Gasteiger partial charge in [0.2, 0.25) is 0 Å². The normalized spacial score (nSPS) is 12.1. The molecule has 0 unspecified atom stereocenters. The second kappa shape index (κ2) is 5.11. The summed E-state index contributed by atoms with van der Waals surface area (Å²) in [5, 5.41) is 0.546. The minimum atomic E-state index is -0.0169. The third-order valence-corrected chi connectivity index (χ3v) is 2.89. The van der Waals surface area contributed by atoms with Gasteiger partial charge in [0.1, 0.15) is 11.9 Å². The second-order valence-electron chi connectivity index (χ2n) is 3.85. The first kappa shape index (κ1) is 11.8. The Morgan fingerprint density at radius 2 is 1.82 bits per heavy atom. The molecule has 2 N–H and O–H groups in total. The van der Waals surface area contributed by atoms with E-state index in [1.165, 1.54) is 0 Å². The Labute approximate surface area is 106 Å². The molecule has 0 amide bonds. The Morgan fingerprint density at radius 1 is 1.12 bits per heavy atom. The van der Waals surface area contributed by atoms with Gasteiger partial charge in [0.25, 0.3) is 0 Å². The zero-order valence-electron chi connectivity index (χ0n) is 9.56. The molecule has 88 valence electrons. The van der Waals surface area contributed by atoms with Crippen molar-refractivity contribution in [1.82, 2.24) is 0 Å². The number of nitrogens with two attached hydrogens (primary N) is 1. The molecule has 0 aliphatic heterocycles. The molecule has 0 bridgehead atoms. The number of anilines is 1. The van der Waals surface area contributed by atoms with Crippen molar-refractivity contribution < 1.29 is 4.74 Å². The van der Waals surface area contributed by atoms with Crippen LogP contribution in [0.15, 0.2) is 48.5 Å². The molecule has 2 rings (SSSR count). The highest BCUT2D eigenvalue weighted by atomic mass is 35.5. The van der Waals surface area contributed by atoms with Gasteiger partial charge < -0.3 is 10.5 Å². The summed E-state index contributed by atoms with van der Waals surface area (Å²) in [4.78, 5) is 0. The van der Waals surface area contributed by atoms with Crippen LogP contribution in [0.25, 0.3) is 0 Å². The molecule has 1 atom stereocenters. The van der Waals surface area contributed by atoms with Crippen molar-refractivity contribution in [2.24, 2.45) is 0 Å². The number of rotatable bonds is 3. The lowest BCUT2D eigenvalue weighted by Crippen LogP contribution is -2.03. The van der Waals surface area contributed by atoms with E-state index in [4.69, 9.17) is 22.1 Å². The number of hydrogen-bond acceptors (Lipinski definition) is 2. The predicted octanol–water partition coefficient (Wildman–Crippen LogP) is 4.06. The van der Waals surface area contributed by atoms with Crippen LogP contribution in [0.4, 0.5) is 5.69 Å². The van der Waals surface area contributed by atoms with Crippen molar-refractivity contribution >= 4 is 17.3 Å². The zero-order chi connectivity index (χ0) is 12.3. The van der Waals surface area contributed by atoms with Crippen molar-refractivity contribution in [2.75, 3.05) is 5.73 Å². The van der Waals surface area contributed by atoms with E-state index < -0.39 is 0 Å². The summed E-state index contributed by atoms with van der Waals surface area (Å²) in [5.74, 6) is 0.725. The van der Waals surface area contributed by atoms with E-state index in [9.17, 15) is 0 Å². The van der Waals surface area contributed by atoms with Crippen LogP contribution in [-0.4, -0.2) is 0 Å². The van der Waals surface area contributed by atoms with Crippen LogP contribution < -0.4 is 10.5 Å².